The van der Waals surface area contributed by atoms with Crippen LogP contribution < -0.4 is 0 Å². The first-order chi connectivity index (χ1) is 13.8. The molecule has 4 rings (SSSR count). The van der Waals surface area contributed by atoms with Gasteiger partial charge in [-0.3, -0.25) is 9.59 Å². The van der Waals surface area contributed by atoms with E-state index in [0.29, 0.717) is 17.6 Å². The van der Waals surface area contributed by atoms with Gasteiger partial charge in [0, 0.05) is 47.5 Å². The summed E-state index contributed by atoms with van der Waals surface area (Å²) in [6.45, 7) is 6.29. The van der Waals surface area contributed by atoms with Gasteiger partial charge in [0.1, 0.15) is 0 Å². The zero-order valence-electron chi connectivity index (χ0n) is 17.5. The van der Waals surface area contributed by atoms with Crippen LogP contribution in [0.25, 0.3) is 0 Å². The van der Waals surface area contributed by atoms with Gasteiger partial charge in [-0.15, -0.1) is 0 Å². The molecule has 0 N–H and O–H groups in total. The minimum Gasteiger partial charge on any atom is -0.351 e. The second-order valence-corrected chi connectivity index (χ2v) is 8.90. The number of rotatable bonds is 3. The highest BCUT2D eigenvalue weighted by Gasteiger charge is 2.44. The van der Waals surface area contributed by atoms with Gasteiger partial charge in [-0.2, -0.15) is 0 Å². The minimum absolute atomic E-state index is 0.00649. The van der Waals surface area contributed by atoms with E-state index in [0.717, 1.165) is 29.0 Å². The van der Waals surface area contributed by atoms with Crippen molar-refractivity contribution in [2.45, 2.75) is 39.5 Å². The maximum atomic E-state index is 13.6. The quantitative estimate of drug-likeness (QED) is 0.653. The van der Waals surface area contributed by atoms with Crippen molar-refractivity contribution in [1.82, 2.24) is 4.90 Å². The Balaban J connectivity index is 1.94. The number of hydrogen-bond acceptors (Lipinski definition) is 3. The SMILES string of the molecule is CC1=C(C(=O)c2ccccc2)C(c2ccccc2)C2=C(CC(C)(C)CC2=O)N1C. The molecule has 2 aromatic rings. The molecule has 0 spiro atoms. The highest BCUT2D eigenvalue weighted by Crippen LogP contribution is 2.49. The monoisotopic (exact) mass is 385 g/mol. The Labute approximate surface area is 172 Å². The summed E-state index contributed by atoms with van der Waals surface area (Å²) in [5.41, 5.74) is 5.06. The molecule has 3 heteroatoms. The van der Waals surface area contributed by atoms with Crippen molar-refractivity contribution in [2.75, 3.05) is 7.05 Å². The van der Waals surface area contributed by atoms with Crippen LogP contribution in [0.4, 0.5) is 0 Å². The summed E-state index contributed by atoms with van der Waals surface area (Å²) < 4.78 is 0. The van der Waals surface area contributed by atoms with E-state index in [-0.39, 0.29) is 22.9 Å². The van der Waals surface area contributed by atoms with Crippen LogP contribution in [0.3, 0.4) is 0 Å². The molecule has 2 aliphatic rings. The molecule has 0 radical (unpaired) electrons. The van der Waals surface area contributed by atoms with E-state index in [1.54, 1.807) is 0 Å². The molecule has 0 bridgehead atoms. The van der Waals surface area contributed by atoms with Crippen molar-refractivity contribution in [2.24, 2.45) is 5.41 Å². The lowest BCUT2D eigenvalue weighted by atomic mass is 9.67. The Morgan fingerprint density at radius 3 is 2.17 bits per heavy atom. The molecule has 1 heterocycles. The molecule has 29 heavy (non-hydrogen) atoms. The van der Waals surface area contributed by atoms with Gasteiger partial charge in [0.2, 0.25) is 0 Å². The lowest BCUT2D eigenvalue weighted by molar-refractivity contribution is -0.118. The van der Waals surface area contributed by atoms with Crippen molar-refractivity contribution >= 4 is 11.6 Å². The topological polar surface area (TPSA) is 37.4 Å². The molecule has 0 fully saturated rings. The van der Waals surface area contributed by atoms with Gasteiger partial charge in [0.15, 0.2) is 11.6 Å². The van der Waals surface area contributed by atoms with Gasteiger partial charge in [-0.1, -0.05) is 74.5 Å². The highest BCUT2D eigenvalue weighted by molar-refractivity contribution is 6.13. The fourth-order valence-corrected chi connectivity index (χ4v) is 4.68. The normalized spacial score (nSPS) is 21.3. The highest BCUT2D eigenvalue weighted by atomic mass is 16.1. The largest absolute Gasteiger partial charge is 0.351 e. The Morgan fingerprint density at radius 1 is 0.966 bits per heavy atom. The maximum Gasteiger partial charge on any atom is 0.191 e. The molecule has 1 atom stereocenters. The van der Waals surface area contributed by atoms with Crippen LogP contribution in [-0.2, 0) is 4.79 Å². The first-order valence-electron chi connectivity index (χ1n) is 10.2. The number of carbonyl (C=O) groups excluding carboxylic acids is 2. The molecule has 1 aliphatic carbocycles. The molecule has 0 saturated carbocycles. The van der Waals surface area contributed by atoms with Gasteiger partial charge in [0.05, 0.1) is 0 Å². The van der Waals surface area contributed by atoms with E-state index < -0.39 is 0 Å². The van der Waals surface area contributed by atoms with Gasteiger partial charge in [0.25, 0.3) is 0 Å². The molecule has 1 unspecified atom stereocenters. The van der Waals surface area contributed by atoms with Gasteiger partial charge in [-0.25, -0.2) is 0 Å². The van der Waals surface area contributed by atoms with Crippen molar-refractivity contribution < 1.29 is 9.59 Å². The second-order valence-electron chi connectivity index (χ2n) is 8.90. The van der Waals surface area contributed by atoms with Gasteiger partial charge in [-0.05, 0) is 24.3 Å². The van der Waals surface area contributed by atoms with E-state index in [2.05, 4.69) is 18.7 Å². The first kappa shape index (κ1) is 19.4. The molecule has 3 nitrogen and oxygen atoms in total. The van der Waals surface area contributed by atoms with Crippen molar-refractivity contribution in [3.63, 3.8) is 0 Å². The molecule has 1 aliphatic heterocycles. The van der Waals surface area contributed by atoms with Crippen molar-refractivity contribution in [3.8, 4) is 0 Å². The molecular weight excluding hydrogens is 358 g/mol. The van der Waals surface area contributed by atoms with E-state index in [4.69, 9.17) is 0 Å². The summed E-state index contributed by atoms with van der Waals surface area (Å²) in [4.78, 5) is 29.1. The van der Waals surface area contributed by atoms with Crippen LogP contribution in [0.1, 0.15) is 55.5 Å². The third-order valence-corrected chi connectivity index (χ3v) is 6.19. The predicted molar refractivity (Wildman–Crippen MR) is 115 cm³/mol. The average Bonchev–Trinajstić information content (AvgIpc) is 2.71. The minimum atomic E-state index is -0.321. The Bertz CT molecular complexity index is 1030. The standard InChI is InChI=1S/C26H27NO2/c1-17-22(25(29)19-13-9-6-10-14-19)23(18-11-7-5-8-12-18)24-20(27(17)4)15-26(2,3)16-21(24)28/h5-14,23H,15-16H2,1-4H3. The van der Waals surface area contributed by atoms with E-state index in [9.17, 15) is 9.59 Å². The molecule has 148 valence electrons. The Morgan fingerprint density at radius 2 is 1.55 bits per heavy atom. The molecule has 0 saturated heterocycles. The summed E-state index contributed by atoms with van der Waals surface area (Å²) in [7, 11) is 1.98. The number of ketones is 2. The maximum absolute atomic E-state index is 13.6. The lowest BCUT2D eigenvalue weighted by Crippen LogP contribution is -2.39. The van der Waals surface area contributed by atoms with Crippen LogP contribution >= 0.6 is 0 Å². The second kappa shape index (κ2) is 7.14. The van der Waals surface area contributed by atoms with Gasteiger partial charge < -0.3 is 4.90 Å². The van der Waals surface area contributed by atoms with Gasteiger partial charge >= 0.3 is 0 Å². The molecule has 2 aromatic carbocycles. The lowest BCUT2D eigenvalue weighted by Gasteiger charge is -2.43. The predicted octanol–water partition coefficient (Wildman–Crippen LogP) is 5.52. The summed E-state index contributed by atoms with van der Waals surface area (Å²) in [5.74, 6) is -0.172. The smallest absolute Gasteiger partial charge is 0.191 e. The van der Waals surface area contributed by atoms with Crippen LogP contribution in [0.2, 0.25) is 0 Å². The number of Topliss-reactive ketones (excluding diaryl/α,β-unsaturated/α-hetero) is 2. The zero-order chi connectivity index (χ0) is 20.8. The van der Waals surface area contributed by atoms with Crippen LogP contribution in [-0.4, -0.2) is 23.5 Å². The number of benzene rings is 2. The summed E-state index contributed by atoms with van der Waals surface area (Å²) in [6, 6.07) is 19.3. The number of hydrogen-bond donors (Lipinski definition) is 0. The van der Waals surface area contributed by atoms with E-state index in [1.165, 1.54) is 0 Å². The van der Waals surface area contributed by atoms with E-state index >= 15 is 0 Å². The summed E-state index contributed by atoms with van der Waals surface area (Å²) in [5, 5.41) is 0. The third kappa shape index (κ3) is 3.35. The van der Waals surface area contributed by atoms with Crippen LogP contribution in [0.5, 0.6) is 0 Å². The Hall–Kier alpha value is -2.94. The fraction of sp³-hybridized carbons (Fsp3) is 0.308. The summed E-state index contributed by atoms with van der Waals surface area (Å²) >= 11 is 0. The van der Waals surface area contributed by atoms with Crippen LogP contribution in [0.15, 0.2) is 83.2 Å². The Kier molecular flexibility index (Phi) is 4.77. The zero-order valence-corrected chi connectivity index (χ0v) is 17.5. The third-order valence-electron chi connectivity index (χ3n) is 6.19. The molecular formula is C26H27NO2. The number of allylic oxidation sites excluding steroid dienone is 4. The number of carbonyl (C=O) groups is 2. The molecule has 0 aromatic heterocycles. The molecule has 0 amide bonds. The van der Waals surface area contributed by atoms with Crippen LogP contribution in [0, 0.1) is 5.41 Å². The first-order valence-corrected chi connectivity index (χ1v) is 10.2. The van der Waals surface area contributed by atoms with Crippen molar-refractivity contribution in [1.29, 1.82) is 0 Å². The van der Waals surface area contributed by atoms with Crippen molar-refractivity contribution in [3.05, 3.63) is 94.3 Å². The van der Waals surface area contributed by atoms with E-state index in [1.807, 2.05) is 74.6 Å². The fourth-order valence-electron chi connectivity index (χ4n) is 4.68. The average molecular weight is 386 g/mol. The summed E-state index contributed by atoms with van der Waals surface area (Å²) in [6.07, 6.45) is 1.34. The number of nitrogens with zero attached hydrogens (tertiary/aromatic N) is 1.